The van der Waals surface area contributed by atoms with Gasteiger partial charge in [0.15, 0.2) is 23.8 Å². The number of aliphatic hydroxyl groups is 2. The number of hydrogen-bond acceptors (Lipinski definition) is 22. The van der Waals surface area contributed by atoms with Crippen molar-refractivity contribution < 1.29 is 105 Å². The zero-order valence-corrected chi connectivity index (χ0v) is 63.3. The van der Waals surface area contributed by atoms with Crippen molar-refractivity contribution in [2.75, 3.05) is 34.5 Å². The van der Waals surface area contributed by atoms with E-state index in [9.17, 15) is 58.2 Å². The highest BCUT2D eigenvalue weighted by Gasteiger charge is 2.65. The lowest BCUT2D eigenvalue weighted by Crippen LogP contribution is -2.61. The Labute approximate surface area is 612 Å². The van der Waals surface area contributed by atoms with E-state index in [1.165, 1.54) is 32.3 Å². The number of hydrogen-bond donors (Lipinski definition) is 2. The number of rotatable bonds is 17. The zero-order valence-electron chi connectivity index (χ0n) is 63.3. The number of allylic oxidation sites excluding steroid dienone is 7. The number of Topliss-reactive ketones (excluding diaryl/α,β-unsaturated/α-hetero) is 4. The van der Waals surface area contributed by atoms with E-state index in [0.717, 1.165) is 18.4 Å². The van der Waals surface area contributed by atoms with E-state index in [-0.39, 0.29) is 92.3 Å². The third kappa shape index (κ3) is 17.9. The summed E-state index contributed by atoms with van der Waals surface area (Å²) in [5, 5.41) is 22.5. The van der Waals surface area contributed by atoms with Gasteiger partial charge in [0.25, 0.3) is 11.7 Å². The van der Waals surface area contributed by atoms with Crippen LogP contribution in [0.4, 0.5) is 0 Å². The van der Waals surface area contributed by atoms with Crippen molar-refractivity contribution in [1.29, 1.82) is 0 Å². The molecule has 4 aliphatic heterocycles. The van der Waals surface area contributed by atoms with Gasteiger partial charge in [0.2, 0.25) is 11.6 Å². The summed E-state index contributed by atoms with van der Waals surface area (Å²) in [4.78, 5) is 143. The van der Waals surface area contributed by atoms with Crippen LogP contribution in [0.25, 0.3) is 0 Å². The molecular weight excluding hydrogens is 1340 g/mol. The van der Waals surface area contributed by atoms with Gasteiger partial charge in [-0.25, -0.2) is 9.59 Å². The molecule has 0 radical (unpaired) electrons. The molecule has 0 spiro atoms. The van der Waals surface area contributed by atoms with Crippen molar-refractivity contribution in [2.24, 2.45) is 46.8 Å². The van der Waals surface area contributed by atoms with Crippen molar-refractivity contribution in [3.05, 3.63) is 81.9 Å². The molecule has 23 nitrogen and oxygen atoms in total. The summed E-state index contributed by atoms with van der Waals surface area (Å²) < 4.78 is 60.4. The first-order valence-corrected chi connectivity index (χ1v) is 38.0. The van der Waals surface area contributed by atoms with Crippen LogP contribution in [0, 0.1) is 46.8 Å². The van der Waals surface area contributed by atoms with Crippen molar-refractivity contribution in [2.45, 2.75) is 283 Å². The van der Waals surface area contributed by atoms with Crippen molar-refractivity contribution in [3.63, 3.8) is 0 Å². The van der Waals surface area contributed by atoms with Gasteiger partial charge in [-0.1, -0.05) is 90.8 Å². The van der Waals surface area contributed by atoms with Crippen LogP contribution in [-0.4, -0.2) is 175 Å². The molecule has 2 saturated carbocycles. The number of fused-ring (bicyclic) bond motifs is 6. The van der Waals surface area contributed by atoms with Crippen molar-refractivity contribution in [3.8, 4) is 0 Å². The second-order valence-electron chi connectivity index (χ2n) is 31.6. The Kier molecular flexibility index (Phi) is 27.6. The molecule has 2 N–H and O–H groups in total. The topological polar surface area (TPSA) is 311 Å². The van der Waals surface area contributed by atoms with Gasteiger partial charge in [0, 0.05) is 94.8 Å². The van der Waals surface area contributed by atoms with Crippen molar-refractivity contribution >= 4 is 58.9 Å². The van der Waals surface area contributed by atoms with Crippen LogP contribution in [-0.2, 0) is 86.4 Å². The summed E-state index contributed by atoms with van der Waals surface area (Å²) in [5.41, 5.74) is 0.720. The van der Waals surface area contributed by atoms with Crippen LogP contribution in [0.5, 0.6) is 0 Å². The third-order valence-corrected chi connectivity index (χ3v) is 24.0. The molecule has 8 aliphatic rings. The van der Waals surface area contributed by atoms with E-state index in [1.54, 1.807) is 40.9 Å². The molecule has 1 aromatic rings. The second-order valence-corrected chi connectivity index (χ2v) is 31.6. The van der Waals surface area contributed by atoms with Crippen LogP contribution < -0.4 is 0 Å². The number of methoxy groups -OCH3 is 3. The molecule has 2 saturated heterocycles. The Morgan fingerprint density at radius 1 is 0.760 bits per heavy atom. The number of amides is 1. The summed E-state index contributed by atoms with van der Waals surface area (Å²) in [5.74, 6) is -11.7. The van der Waals surface area contributed by atoms with E-state index in [0.29, 0.717) is 112 Å². The maximum Gasteiger partial charge on any atom is 0.342 e. The SMILES string of the molecule is COC[C@H]1OC(=O)c2coc3c2[C@@]1(C)C1=C(C3=O)[C@@H]2CC[C@H](OC(=O)CCCCCCC(=O)O[C@@H]3/C(C)=C/[C@@H](C)C(=O)C[C@@H]([C@H](C)C[C@H]4CC[C@H](O)CC4)OC(=O)[C@@H]4CCCCN4C(=O)C(=O)[C@]4(O)O[C@@H](CC[C@H]4C)C[C@H](OC)/C(C)=C/C=C/C=C/[C@@H](C)C[C@@H](C)C(=O)[C@@H]3OC)[C@@]2(C)C[C@H]1OC(C)=O. The number of nitrogens with zero attached hydrogens (tertiary/aromatic N) is 1. The molecule has 0 unspecified atom stereocenters. The normalized spacial score (nSPS) is 36.9. The number of carbonyl (C=O) groups excluding carboxylic acids is 10. The quantitative estimate of drug-likeness (QED) is 0.0481. The Bertz CT molecular complexity index is 3490. The number of piperidine rings is 1. The standard InChI is InChI=1S/C81H113NO22/c1-45-23-17-16-18-24-46(2)60(96-12)40-55-33-28-51(7)81(94,104-55)75(90)76(91)82-36-22-21-25-58(82)78(93)100-61(48(4)39-53-29-31-54(84)32-30-53)41-59(85)47(3)38-50(6)72(74(97-13)70(88)49(5)37-45)103-66(87)27-20-15-14-19-26-65(86)101-63-35-34-57-67-69(62(99-52(8)83)42-79(57,63)9)80(10)64(44-95-11)102-77(92)56-43-98-73(68(56)80)71(67)89/h16-18,23-24,38,43,45,47-49,51,53-55,57-58,60-64,72,74,84,94H,14-15,19-22,25-37,39-42,44H2,1-13H3/b18-16+,23-17+,46-24+,50-38+/t45-,47-,48-,49-,51-,53-,54-,55+,57+,58+,60+,61+,62-,63+,64-,72-,74+,79+,80+,81-/m1/s1. The lowest BCUT2D eigenvalue weighted by molar-refractivity contribution is -0.265. The summed E-state index contributed by atoms with van der Waals surface area (Å²) in [6, 6.07) is -1.20. The molecule has 18 atom stereocenters. The van der Waals surface area contributed by atoms with Gasteiger partial charge in [-0.2, -0.15) is 0 Å². The number of cyclic esters (lactones) is 2. The minimum absolute atomic E-state index is 0.00337. The lowest BCUT2D eigenvalue weighted by Gasteiger charge is -2.52. The van der Waals surface area contributed by atoms with E-state index in [2.05, 4.69) is 0 Å². The van der Waals surface area contributed by atoms with E-state index >= 15 is 0 Å². The highest BCUT2D eigenvalue weighted by atomic mass is 16.6. The summed E-state index contributed by atoms with van der Waals surface area (Å²) >= 11 is 0. The maximum atomic E-state index is 14.8. The lowest BCUT2D eigenvalue weighted by atomic mass is 9.54. The minimum Gasteiger partial charge on any atom is -0.462 e. The van der Waals surface area contributed by atoms with E-state index in [1.807, 2.05) is 65.0 Å². The van der Waals surface area contributed by atoms with Gasteiger partial charge in [0.05, 0.1) is 30.3 Å². The van der Waals surface area contributed by atoms with Crippen LogP contribution >= 0.6 is 0 Å². The average Bonchev–Trinajstić information content (AvgIpc) is 1.37. The monoisotopic (exact) mass is 1450 g/mol. The maximum absolute atomic E-state index is 14.8. The first-order valence-electron chi connectivity index (χ1n) is 38.0. The van der Waals surface area contributed by atoms with E-state index in [4.69, 9.17) is 47.0 Å². The average molecular weight is 1450 g/mol. The van der Waals surface area contributed by atoms with Crippen LogP contribution in [0.3, 0.4) is 0 Å². The Morgan fingerprint density at radius 3 is 2.13 bits per heavy atom. The fourth-order valence-electron chi connectivity index (χ4n) is 17.9. The number of furan rings is 1. The summed E-state index contributed by atoms with van der Waals surface area (Å²) in [6.07, 6.45) is 13.7. The van der Waals surface area contributed by atoms with Gasteiger partial charge in [-0.3, -0.25) is 38.4 Å². The number of unbranched alkanes of at least 4 members (excludes halogenated alkanes) is 3. The van der Waals surface area contributed by atoms with Gasteiger partial charge >= 0.3 is 29.8 Å². The predicted octanol–water partition coefficient (Wildman–Crippen LogP) is 11.3. The molecule has 5 heterocycles. The molecule has 104 heavy (non-hydrogen) atoms. The number of carbonyl (C=O) groups is 10. The van der Waals surface area contributed by atoms with Gasteiger partial charge in [0.1, 0.15) is 48.1 Å². The molecule has 2 bridgehead atoms. The second kappa shape index (κ2) is 35.3. The van der Waals surface area contributed by atoms with Crippen LogP contribution in [0.15, 0.2) is 69.4 Å². The Hall–Kier alpha value is -6.76. The van der Waals surface area contributed by atoms with Crippen molar-refractivity contribution in [1.82, 2.24) is 4.90 Å². The molecule has 23 heteroatoms. The van der Waals surface area contributed by atoms with Gasteiger partial charge in [-0.05, 0) is 164 Å². The first kappa shape index (κ1) is 81.3. The molecule has 9 rings (SSSR count). The van der Waals surface area contributed by atoms with Crippen LogP contribution in [0.2, 0.25) is 0 Å². The fourth-order valence-corrected chi connectivity index (χ4v) is 17.9. The van der Waals surface area contributed by atoms with Gasteiger partial charge < -0.3 is 62.2 Å². The molecule has 4 aliphatic carbocycles. The largest absolute Gasteiger partial charge is 0.462 e. The molecule has 4 fully saturated rings. The predicted molar refractivity (Wildman–Crippen MR) is 380 cm³/mol. The van der Waals surface area contributed by atoms with Gasteiger partial charge in [-0.15, -0.1) is 0 Å². The highest BCUT2D eigenvalue weighted by molar-refractivity contribution is 6.39. The summed E-state index contributed by atoms with van der Waals surface area (Å²) in [7, 11) is 4.42. The third-order valence-electron chi connectivity index (χ3n) is 24.0. The summed E-state index contributed by atoms with van der Waals surface area (Å²) in [6.45, 7) is 17.8. The van der Waals surface area contributed by atoms with E-state index < -0.39 is 149 Å². The fraction of sp³-hybridized carbons (Fsp3) is 0.704. The Balaban J connectivity index is 0.892. The first-order chi connectivity index (χ1) is 49.4. The Morgan fingerprint density at radius 2 is 1.46 bits per heavy atom. The smallest absolute Gasteiger partial charge is 0.342 e. The molecular formula is C81H113NO22. The van der Waals surface area contributed by atoms with Crippen LogP contribution in [0.1, 0.15) is 237 Å². The molecule has 1 amide bonds. The highest BCUT2D eigenvalue weighted by Crippen LogP contribution is 2.63. The molecule has 574 valence electrons. The number of ketones is 4. The number of ether oxygens (including phenoxy) is 9. The molecule has 1 aromatic heterocycles. The zero-order chi connectivity index (χ0) is 75.7. The number of aliphatic hydroxyl groups excluding tert-OH is 1. The molecule has 0 aromatic carbocycles. The number of esters is 5. The minimum atomic E-state index is -2.48.